The van der Waals surface area contributed by atoms with Crippen molar-refractivity contribution in [3.63, 3.8) is 0 Å². The van der Waals surface area contributed by atoms with Crippen LogP contribution in [0.2, 0.25) is 0 Å². The average Bonchev–Trinajstić information content (AvgIpc) is 2.24. The van der Waals surface area contributed by atoms with Gasteiger partial charge in [-0.1, -0.05) is 20.8 Å². The fourth-order valence-electron chi connectivity index (χ4n) is 1.45. The Labute approximate surface area is 104 Å². The lowest BCUT2D eigenvalue weighted by molar-refractivity contribution is 0.370. The van der Waals surface area contributed by atoms with Gasteiger partial charge in [-0.15, -0.1) is 0 Å². The molecule has 0 aromatic carbocycles. The van der Waals surface area contributed by atoms with Crippen LogP contribution in [0.1, 0.15) is 33.6 Å². The molecule has 0 radical (unpaired) electrons. The van der Waals surface area contributed by atoms with Gasteiger partial charge in [0.2, 0.25) is 10.0 Å². The predicted molar refractivity (Wildman–Crippen MR) is 65.3 cm³/mol. The molecular weight excluding hydrogens is 238 g/mol. The molecule has 1 unspecified atom stereocenters. The van der Waals surface area contributed by atoms with Crippen LogP contribution < -0.4 is 0 Å². The molecule has 0 aromatic rings. The minimum atomic E-state index is -3.61. The third kappa shape index (κ3) is 4.72. The van der Waals surface area contributed by atoms with Crippen molar-refractivity contribution in [2.75, 3.05) is 13.1 Å². The summed E-state index contributed by atoms with van der Waals surface area (Å²) < 4.78 is 25.5. The van der Waals surface area contributed by atoms with Crippen molar-refractivity contribution < 1.29 is 8.42 Å². The third-order valence-corrected chi connectivity index (χ3v) is 4.49. The maximum absolute atomic E-state index is 12.1. The minimum Gasteiger partial charge on any atom is -0.211 e. The molecule has 0 bridgehead atoms. The topological polar surface area (TPSA) is 85.0 Å². The molecule has 5 nitrogen and oxygen atoms in total. The summed E-state index contributed by atoms with van der Waals surface area (Å²) in [5, 5.41) is 16.4. The van der Waals surface area contributed by atoms with Crippen molar-refractivity contribution >= 4 is 10.0 Å². The number of nitrogens with zero attached hydrogens (tertiary/aromatic N) is 3. The fourth-order valence-corrected chi connectivity index (χ4v) is 3.22. The number of rotatable bonds is 7. The van der Waals surface area contributed by atoms with E-state index in [1.807, 2.05) is 26.0 Å². The molecule has 0 aromatic heterocycles. The van der Waals surface area contributed by atoms with E-state index >= 15 is 0 Å². The summed E-state index contributed by atoms with van der Waals surface area (Å²) in [5.74, 6) is 0.166. The zero-order valence-corrected chi connectivity index (χ0v) is 11.4. The van der Waals surface area contributed by atoms with Crippen LogP contribution in [0.3, 0.4) is 0 Å². The molecule has 0 spiro atoms. The Morgan fingerprint density at radius 1 is 1.29 bits per heavy atom. The largest absolute Gasteiger partial charge is 0.230 e. The van der Waals surface area contributed by atoms with Crippen molar-refractivity contribution in [1.82, 2.24) is 4.31 Å². The van der Waals surface area contributed by atoms with E-state index in [9.17, 15) is 8.42 Å². The molecule has 0 amide bonds. The Kier molecular flexibility index (Phi) is 6.79. The number of nitriles is 2. The summed E-state index contributed by atoms with van der Waals surface area (Å²) in [5.41, 5.74) is 0. The highest BCUT2D eigenvalue weighted by atomic mass is 32.2. The van der Waals surface area contributed by atoms with Crippen LogP contribution in [0, 0.1) is 28.6 Å². The van der Waals surface area contributed by atoms with E-state index in [0.717, 1.165) is 0 Å². The SMILES string of the molecule is CCC(C#N)S(=O)(=O)N(CCC#N)CC(C)C. The number of sulfonamides is 1. The van der Waals surface area contributed by atoms with Crippen molar-refractivity contribution in [3.05, 3.63) is 0 Å². The van der Waals surface area contributed by atoms with Gasteiger partial charge in [0, 0.05) is 19.5 Å². The van der Waals surface area contributed by atoms with Gasteiger partial charge >= 0.3 is 0 Å². The zero-order valence-electron chi connectivity index (χ0n) is 10.5. The maximum Gasteiger partial charge on any atom is 0.230 e. The molecule has 0 aliphatic heterocycles. The normalized spacial score (nSPS) is 13.4. The third-order valence-electron chi connectivity index (χ3n) is 2.28. The minimum absolute atomic E-state index is 0.147. The van der Waals surface area contributed by atoms with Gasteiger partial charge in [-0.3, -0.25) is 0 Å². The molecule has 0 N–H and O–H groups in total. The van der Waals surface area contributed by atoms with E-state index in [4.69, 9.17) is 10.5 Å². The molecule has 6 heteroatoms. The first kappa shape index (κ1) is 15.9. The summed E-state index contributed by atoms with van der Waals surface area (Å²) in [4.78, 5) is 0. The average molecular weight is 257 g/mol. The lowest BCUT2D eigenvalue weighted by atomic mass is 10.2. The van der Waals surface area contributed by atoms with Crippen molar-refractivity contribution in [3.8, 4) is 12.1 Å². The van der Waals surface area contributed by atoms with E-state index in [1.54, 1.807) is 6.92 Å². The highest BCUT2D eigenvalue weighted by Gasteiger charge is 2.30. The van der Waals surface area contributed by atoms with Crippen molar-refractivity contribution in [2.24, 2.45) is 5.92 Å². The molecule has 0 heterocycles. The zero-order chi connectivity index (χ0) is 13.5. The monoisotopic (exact) mass is 257 g/mol. The molecule has 0 aliphatic rings. The van der Waals surface area contributed by atoms with Crippen molar-refractivity contribution in [2.45, 2.75) is 38.9 Å². The van der Waals surface area contributed by atoms with Crippen molar-refractivity contribution in [1.29, 1.82) is 10.5 Å². The van der Waals surface area contributed by atoms with Crippen LogP contribution >= 0.6 is 0 Å². The highest BCUT2D eigenvalue weighted by molar-refractivity contribution is 7.90. The summed E-state index contributed by atoms with van der Waals surface area (Å²) in [7, 11) is -3.61. The molecular formula is C11H19N3O2S. The molecule has 0 saturated carbocycles. The van der Waals surface area contributed by atoms with Gasteiger partial charge in [-0.2, -0.15) is 14.8 Å². The Morgan fingerprint density at radius 2 is 1.88 bits per heavy atom. The van der Waals surface area contributed by atoms with Gasteiger partial charge in [0.25, 0.3) is 0 Å². The van der Waals surface area contributed by atoms with E-state index in [-0.39, 0.29) is 25.3 Å². The summed E-state index contributed by atoms with van der Waals surface area (Å²) in [6.45, 7) is 5.99. The van der Waals surface area contributed by atoms with E-state index < -0.39 is 15.3 Å². The predicted octanol–water partition coefficient (Wildman–Crippen LogP) is 1.49. The van der Waals surface area contributed by atoms with E-state index in [0.29, 0.717) is 6.54 Å². The highest BCUT2D eigenvalue weighted by Crippen LogP contribution is 2.14. The quantitative estimate of drug-likeness (QED) is 0.691. The van der Waals surface area contributed by atoms with Gasteiger partial charge < -0.3 is 0 Å². The van der Waals surface area contributed by atoms with Crippen LogP contribution in [-0.2, 0) is 10.0 Å². The Morgan fingerprint density at radius 3 is 2.24 bits per heavy atom. The Bertz CT molecular complexity index is 403. The Balaban J connectivity index is 5.02. The first-order chi connectivity index (χ1) is 7.89. The van der Waals surface area contributed by atoms with Crippen LogP contribution in [0.25, 0.3) is 0 Å². The second kappa shape index (κ2) is 7.26. The molecule has 17 heavy (non-hydrogen) atoms. The van der Waals surface area contributed by atoms with Gasteiger partial charge in [0.05, 0.1) is 12.1 Å². The second-order valence-electron chi connectivity index (χ2n) is 4.23. The fraction of sp³-hybridized carbons (Fsp3) is 0.818. The summed E-state index contributed by atoms with van der Waals surface area (Å²) in [6, 6.07) is 3.74. The Hall–Kier alpha value is -1.11. The van der Waals surface area contributed by atoms with E-state index in [2.05, 4.69) is 0 Å². The molecule has 0 saturated heterocycles. The smallest absolute Gasteiger partial charge is 0.211 e. The number of hydrogen-bond donors (Lipinski definition) is 0. The lowest BCUT2D eigenvalue weighted by Gasteiger charge is -2.24. The lowest BCUT2D eigenvalue weighted by Crippen LogP contribution is -2.40. The molecule has 96 valence electrons. The van der Waals surface area contributed by atoms with Gasteiger partial charge in [0.1, 0.15) is 0 Å². The van der Waals surface area contributed by atoms with Gasteiger partial charge in [-0.25, -0.2) is 8.42 Å². The van der Waals surface area contributed by atoms with Crippen LogP contribution in [0.4, 0.5) is 0 Å². The van der Waals surface area contributed by atoms with Crippen LogP contribution in [0.5, 0.6) is 0 Å². The first-order valence-corrected chi connectivity index (χ1v) is 7.16. The van der Waals surface area contributed by atoms with Crippen LogP contribution in [0.15, 0.2) is 0 Å². The summed E-state index contributed by atoms with van der Waals surface area (Å²) >= 11 is 0. The first-order valence-electron chi connectivity index (χ1n) is 5.65. The van der Waals surface area contributed by atoms with Gasteiger partial charge in [0.15, 0.2) is 5.25 Å². The van der Waals surface area contributed by atoms with Crippen LogP contribution in [-0.4, -0.2) is 31.1 Å². The maximum atomic E-state index is 12.1. The van der Waals surface area contributed by atoms with E-state index in [1.165, 1.54) is 4.31 Å². The molecule has 1 atom stereocenters. The molecule has 0 aliphatic carbocycles. The molecule has 0 rings (SSSR count). The summed E-state index contributed by atoms with van der Waals surface area (Å²) in [6.07, 6.45) is 0.411. The van der Waals surface area contributed by atoms with Gasteiger partial charge in [-0.05, 0) is 12.3 Å². The molecule has 0 fully saturated rings. The standard InChI is InChI=1S/C11H19N3O2S/c1-4-11(8-13)17(15,16)14(7-5-6-12)9-10(2)3/h10-11H,4-5,7,9H2,1-3H3. The second-order valence-corrected chi connectivity index (χ2v) is 6.35. The number of hydrogen-bond acceptors (Lipinski definition) is 4.